The zero-order valence-corrected chi connectivity index (χ0v) is 10.2. The fourth-order valence-electron chi connectivity index (χ4n) is 2.05. The number of fused-ring (bicyclic) bond motifs is 1. The molecular formula is C12H11F2N3S. The average Bonchev–Trinajstić information content (AvgIpc) is 2.98. The molecule has 0 saturated carbocycles. The molecule has 0 aromatic carbocycles. The predicted octanol–water partition coefficient (Wildman–Crippen LogP) is 3.11. The van der Waals surface area contributed by atoms with E-state index < -0.39 is 12.6 Å². The monoisotopic (exact) mass is 267 g/mol. The molecule has 1 aliphatic rings. The zero-order valence-electron chi connectivity index (χ0n) is 9.38. The van der Waals surface area contributed by atoms with E-state index in [1.165, 1.54) is 6.21 Å². The highest BCUT2D eigenvalue weighted by Gasteiger charge is 2.31. The topological polar surface area (TPSA) is 31.4 Å². The summed E-state index contributed by atoms with van der Waals surface area (Å²) in [4.78, 5) is 9.61. The second-order valence-corrected chi connectivity index (χ2v) is 5.04. The van der Waals surface area contributed by atoms with Crippen LogP contribution in [0.3, 0.4) is 0 Å². The third-order valence-corrected chi connectivity index (χ3v) is 3.73. The number of thiophene rings is 1. The Balaban J connectivity index is 1.94. The Morgan fingerprint density at radius 1 is 1.44 bits per heavy atom. The lowest BCUT2D eigenvalue weighted by atomic mass is 10.2. The lowest BCUT2D eigenvalue weighted by molar-refractivity contribution is 0.114. The molecule has 0 radical (unpaired) electrons. The van der Waals surface area contributed by atoms with Crippen molar-refractivity contribution in [3.05, 3.63) is 40.3 Å². The predicted molar refractivity (Wildman–Crippen MR) is 68.7 cm³/mol. The largest absolute Gasteiger partial charge is 0.359 e. The van der Waals surface area contributed by atoms with Gasteiger partial charge < -0.3 is 9.88 Å². The van der Waals surface area contributed by atoms with Gasteiger partial charge in [0.1, 0.15) is 0 Å². The Hall–Kier alpha value is -1.69. The first-order chi connectivity index (χ1) is 8.75. The highest BCUT2D eigenvalue weighted by Crippen LogP contribution is 2.30. The van der Waals surface area contributed by atoms with Crippen LogP contribution in [0.5, 0.6) is 0 Å². The van der Waals surface area contributed by atoms with Gasteiger partial charge in [0.15, 0.2) is 6.17 Å². The molecule has 2 aromatic heterocycles. The van der Waals surface area contributed by atoms with Crippen molar-refractivity contribution in [2.45, 2.75) is 19.1 Å². The van der Waals surface area contributed by atoms with Gasteiger partial charge >= 0.3 is 0 Å². The van der Waals surface area contributed by atoms with Crippen LogP contribution in [0, 0.1) is 0 Å². The SMILES string of the molecule is FC(F)C1N=Cc2[nH]ccc2N1Cc1cccs1. The second kappa shape index (κ2) is 4.53. The normalized spacial score (nSPS) is 18.4. The molecule has 0 aliphatic carbocycles. The summed E-state index contributed by atoms with van der Waals surface area (Å²) in [7, 11) is 0. The molecule has 1 aliphatic heterocycles. The Labute approximate surface area is 107 Å². The van der Waals surface area contributed by atoms with E-state index in [2.05, 4.69) is 9.98 Å². The van der Waals surface area contributed by atoms with E-state index in [4.69, 9.17) is 0 Å². The highest BCUT2D eigenvalue weighted by atomic mass is 32.1. The van der Waals surface area contributed by atoms with Crippen molar-refractivity contribution in [2.24, 2.45) is 4.99 Å². The van der Waals surface area contributed by atoms with E-state index in [0.29, 0.717) is 6.54 Å². The zero-order chi connectivity index (χ0) is 12.5. The van der Waals surface area contributed by atoms with Gasteiger partial charge in [0.25, 0.3) is 6.43 Å². The molecule has 1 atom stereocenters. The van der Waals surface area contributed by atoms with Crippen LogP contribution in [0.1, 0.15) is 10.6 Å². The fraction of sp³-hybridized carbons (Fsp3) is 0.250. The molecule has 2 aromatic rings. The summed E-state index contributed by atoms with van der Waals surface area (Å²) in [6.07, 6.45) is -0.372. The number of hydrogen-bond donors (Lipinski definition) is 1. The van der Waals surface area contributed by atoms with Crippen LogP contribution in [0.25, 0.3) is 0 Å². The maximum absolute atomic E-state index is 13.0. The van der Waals surface area contributed by atoms with E-state index >= 15 is 0 Å². The van der Waals surface area contributed by atoms with Crippen molar-refractivity contribution in [2.75, 3.05) is 4.90 Å². The van der Waals surface area contributed by atoms with Crippen LogP contribution >= 0.6 is 11.3 Å². The van der Waals surface area contributed by atoms with Gasteiger partial charge in [0.05, 0.1) is 17.9 Å². The number of nitrogens with one attached hydrogen (secondary N) is 1. The van der Waals surface area contributed by atoms with Gasteiger partial charge in [0, 0.05) is 17.3 Å². The number of hydrogen-bond acceptors (Lipinski definition) is 3. The molecule has 3 rings (SSSR count). The Bertz CT molecular complexity index is 547. The van der Waals surface area contributed by atoms with Gasteiger partial charge in [-0.05, 0) is 17.5 Å². The minimum absolute atomic E-state index is 0.453. The summed E-state index contributed by atoms with van der Waals surface area (Å²) >= 11 is 1.56. The number of anilines is 1. The number of aliphatic imine (C=N–C) groups is 1. The van der Waals surface area contributed by atoms with Crippen LogP contribution in [-0.2, 0) is 6.54 Å². The van der Waals surface area contributed by atoms with Crippen molar-refractivity contribution < 1.29 is 8.78 Å². The summed E-state index contributed by atoms with van der Waals surface area (Å²) in [5, 5.41) is 1.94. The number of alkyl halides is 2. The average molecular weight is 267 g/mol. The number of nitrogens with zero attached hydrogens (tertiary/aromatic N) is 2. The summed E-state index contributed by atoms with van der Waals surface area (Å²) < 4.78 is 26.1. The molecule has 3 nitrogen and oxygen atoms in total. The van der Waals surface area contributed by atoms with Crippen LogP contribution in [0.2, 0.25) is 0 Å². The number of aromatic nitrogens is 1. The number of aromatic amines is 1. The van der Waals surface area contributed by atoms with E-state index in [1.54, 1.807) is 22.4 Å². The number of H-pyrrole nitrogens is 1. The molecular weight excluding hydrogens is 256 g/mol. The maximum atomic E-state index is 13.0. The van der Waals surface area contributed by atoms with Crippen molar-refractivity contribution >= 4 is 23.2 Å². The van der Waals surface area contributed by atoms with Gasteiger partial charge in [-0.1, -0.05) is 6.07 Å². The van der Waals surface area contributed by atoms with Crippen LogP contribution in [-0.4, -0.2) is 23.8 Å². The number of halogens is 2. The summed E-state index contributed by atoms with van der Waals surface area (Å²) in [5.41, 5.74) is 1.56. The Morgan fingerprint density at radius 3 is 3.06 bits per heavy atom. The molecule has 18 heavy (non-hydrogen) atoms. The molecule has 1 unspecified atom stereocenters. The summed E-state index contributed by atoms with van der Waals surface area (Å²) in [5.74, 6) is 0. The first-order valence-electron chi connectivity index (χ1n) is 5.53. The number of rotatable bonds is 3. The Kier molecular flexibility index (Phi) is 2.87. The summed E-state index contributed by atoms with van der Waals surface area (Å²) in [6.45, 7) is 0.453. The standard InChI is InChI=1S/C12H11F2N3S/c13-11(14)12-16-6-9-10(3-4-15-9)17(12)7-8-2-1-5-18-8/h1-6,11-12,15H,7H2. The van der Waals surface area contributed by atoms with Crippen molar-refractivity contribution in [1.82, 2.24) is 4.98 Å². The minimum Gasteiger partial charge on any atom is -0.359 e. The molecule has 0 spiro atoms. The van der Waals surface area contributed by atoms with E-state index in [1.807, 2.05) is 23.6 Å². The van der Waals surface area contributed by atoms with Gasteiger partial charge in [-0.25, -0.2) is 8.78 Å². The highest BCUT2D eigenvalue weighted by molar-refractivity contribution is 7.09. The lowest BCUT2D eigenvalue weighted by Gasteiger charge is -2.32. The Morgan fingerprint density at radius 2 is 2.33 bits per heavy atom. The van der Waals surface area contributed by atoms with E-state index in [0.717, 1.165) is 16.3 Å². The summed E-state index contributed by atoms with van der Waals surface area (Å²) in [6, 6.07) is 5.67. The molecule has 3 heterocycles. The van der Waals surface area contributed by atoms with Gasteiger partial charge in [-0.15, -0.1) is 11.3 Å². The quantitative estimate of drug-likeness (QED) is 0.910. The molecule has 0 saturated heterocycles. The van der Waals surface area contributed by atoms with Gasteiger partial charge in [-0.2, -0.15) is 0 Å². The van der Waals surface area contributed by atoms with Crippen molar-refractivity contribution in [3.8, 4) is 0 Å². The molecule has 94 valence electrons. The molecule has 6 heteroatoms. The second-order valence-electron chi connectivity index (χ2n) is 4.01. The fourth-order valence-corrected chi connectivity index (χ4v) is 2.75. The first kappa shape index (κ1) is 11.4. The molecule has 1 N–H and O–H groups in total. The smallest absolute Gasteiger partial charge is 0.278 e. The molecule has 0 bridgehead atoms. The van der Waals surface area contributed by atoms with E-state index in [9.17, 15) is 8.78 Å². The van der Waals surface area contributed by atoms with Crippen molar-refractivity contribution in [1.29, 1.82) is 0 Å². The van der Waals surface area contributed by atoms with Gasteiger partial charge in [0.2, 0.25) is 0 Å². The lowest BCUT2D eigenvalue weighted by Crippen LogP contribution is -2.40. The van der Waals surface area contributed by atoms with Crippen LogP contribution in [0.15, 0.2) is 34.8 Å². The van der Waals surface area contributed by atoms with Crippen molar-refractivity contribution in [3.63, 3.8) is 0 Å². The first-order valence-corrected chi connectivity index (χ1v) is 6.41. The van der Waals surface area contributed by atoms with Gasteiger partial charge in [-0.3, -0.25) is 4.99 Å². The third-order valence-electron chi connectivity index (χ3n) is 2.87. The minimum atomic E-state index is -2.50. The maximum Gasteiger partial charge on any atom is 0.278 e. The van der Waals surface area contributed by atoms with Crippen LogP contribution < -0.4 is 4.90 Å². The molecule has 0 amide bonds. The molecule has 0 fully saturated rings. The third kappa shape index (κ3) is 1.92. The van der Waals surface area contributed by atoms with E-state index in [-0.39, 0.29) is 0 Å². The van der Waals surface area contributed by atoms with Crippen LogP contribution in [0.4, 0.5) is 14.5 Å².